The average molecular weight is 302 g/mol. The molecule has 0 spiro atoms. The lowest BCUT2D eigenvalue weighted by molar-refractivity contribution is 0.413. The van der Waals surface area contributed by atoms with E-state index in [1.807, 2.05) is 6.07 Å². The maximum absolute atomic E-state index is 11.0. The van der Waals surface area contributed by atoms with E-state index < -0.39 is 9.84 Å². The predicted octanol–water partition coefficient (Wildman–Crippen LogP) is 1.26. The van der Waals surface area contributed by atoms with Gasteiger partial charge in [0.05, 0.1) is 18.4 Å². The Bertz CT molecular complexity index is 556. The zero-order chi connectivity index (χ0) is 14.5. The van der Waals surface area contributed by atoms with Crippen molar-refractivity contribution in [2.75, 3.05) is 24.9 Å². The Labute approximate surface area is 118 Å². The molecule has 0 atom stereocenters. The van der Waals surface area contributed by atoms with E-state index >= 15 is 0 Å². The Morgan fingerprint density at radius 3 is 2.68 bits per heavy atom. The van der Waals surface area contributed by atoms with Gasteiger partial charge >= 0.3 is 0 Å². The van der Waals surface area contributed by atoms with Crippen molar-refractivity contribution in [3.8, 4) is 5.75 Å². The smallest absolute Gasteiger partial charge is 0.148 e. The molecule has 1 aromatic carbocycles. The van der Waals surface area contributed by atoms with Crippen LogP contribution in [0.5, 0.6) is 5.75 Å². The highest BCUT2D eigenvalue weighted by atomic mass is 32.2. The Morgan fingerprint density at radius 1 is 1.47 bits per heavy atom. The number of methoxy groups -OCH3 is 1. The molecule has 7 heteroatoms. The number of sulfone groups is 1. The summed E-state index contributed by atoms with van der Waals surface area (Å²) in [6.07, 6.45) is 1.23. The first kappa shape index (κ1) is 15.8. The van der Waals surface area contributed by atoms with Crippen LogP contribution in [0, 0.1) is 5.41 Å². The van der Waals surface area contributed by atoms with Crippen molar-refractivity contribution >= 4 is 27.4 Å². The Morgan fingerprint density at radius 2 is 2.16 bits per heavy atom. The molecule has 0 saturated carbocycles. The SMILES string of the molecule is COc1ccc(CSCCS(C)(=O)=O)cc1C(=N)N. The summed E-state index contributed by atoms with van der Waals surface area (Å²) in [5, 5.41) is 7.48. The molecule has 0 heterocycles. The molecule has 106 valence electrons. The van der Waals surface area contributed by atoms with Crippen LogP contribution in [0.1, 0.15) is 11.1 Å². The average Bonchev–Trinajstić information content (AvgIpc) is 2.33. The summed E-state index contributed by atoms with van der Waals surface area (Å²) in [5.41, 5.74) is 7.04. The maximum atomic E-state index is 11.0. The van der Waals surface area contributed by atoms with Crippen LogP contribution in [0.25, 0.3) is 0 Å². The molecule has 0 aromatic heterocycles. The van der Waals surface area contributed by atoms with Crippen molar-refractivity contribution in [3.63, 3.8) is 0 Å². The van der Waals surface area contributed by atoms with E-state index in [4.69, 9.17) is 15.9 Å². The second kappa shape index (κ2) is 6.81. The minimum atomic E-state index is -2.91. The molecular formula is C12H18N2O3S2. The predicted molar refractivity (Wildman–Crippen MR) is 79.9 cm³/mol. The number of hydrogen-bond donors (Lipinski definition) is 2. The molecule has 0 saturated heterocycles. The van der Waals surface area contributed by atoms with Gasteiger partial charge in [0.25, 0.3) is 0 Å². The number of benzene rings is 1. The zero-order valence-corrected chi connectivity index (χ0v) is 12.6. The van der Waals surface area contributed by atoms with Crippen molar-refractivity contribution < 1.29 is 13.2 Å². The van der Waals surface area contributed by atoms with Crippen molar-refractivity contribution in [3.05, 3.63) is 29.3 Å². The molecule has 1 rings (SSSR count). The summed E-state index contributed by atoms with van der Waals surface area (Å²) < 4.78 is 27.1. The van der Waals surface area contributed by atoms with Gasteiger partial charge in [-0.2, -0.15) is 11.8 Å². The largest absolute Gasteiger partial charge is 0.496 e. The number of hydrogen-bond acceptors (Lipinski definition) is 5. The summed E-state index contributed by atoms with van der Waals surface area (Å²) >= 11 is 1.54. The molecular weight excluding hydrogens is 284 g/mol. The topological polar surface area (TPSA) is 93.2 Å². The molecule has 0 bridgehead atoms. The van der Waals surface area contributed by atoms with Gasteiger partial charge in [-0.15, -0.1) is 0 Å². The molecule has 5 nitrogen and oxygen atoms in total. The second-order valence-corrected chi connectivity index (χ2v) is 7.50. The van der Waals surface area contributed by atoms with Crippen molar-refractivity contribution in [1.29, 1.82) is 5.41 Å². The van der Waals surface area contributed by atoms with Gasteiger partial charge < -0.3 is 10.5 Å². The summed E-state index contributed by atoms with van der Waals surface area (Å²) in [6.45, 7) is 0. The first-order valence-electron chi connectivity index (χ1n) is 5.60. The fourth-order valence-electron chi connectivity index (χ4n) is 1.46. The molecule has 1 aromatic rings. The number of amidine groups is 1. The number of rotatable bonds is 7. The number of nitrogens with two attached hydrogens (primary N) is 1. The van der Waals surface area contributed by atoms with Gasteiger partial charge in [-0.1, -0.05) is 6.07 Å². The standard InChI is InChI=1S/C12H18N2O3S2/c1-17-11-4-3-9(7-10(11)12(13)14)8-18-5-6-19(2,15)16/h3-4,7H,5-6,8H2,1-2H3,(H3,13,14). The van der Waals surface area contributed by atoms with Gasteiger partial charge in [-0.25, -0.2) is 8.42 Å². The second-order valence-electron chi connectivity index (χ2n) is 4.13. The van der Waals surface area contributed by atoms with Crippen LogP contribution in [-0.2, 0) is 15.6 Å². The van der Waals surface area contributed by atoms with Crippen LogP contribution < -0.4 is 10.5 Å². The summed E-state index contributed by atoms with van der Waals surface area (Å²) in [7, 11) is -1.38. The highest BCUT2D eigenvalue weighted by molar-refractivity contribution is 7.99. The molecule has 0 fully saturated rings. The first-order chi connectivity index (χ1) is 8.83. The van der Waals surface area contributed by atoms with E-state index in [2.05, 4.69) is 0 Å². The van der Waals surface area contributed by atoms with Gasteiger partial charge in [0, 0.05) is 17.8 Å². The van der Waals surface area contributed by atoms with Crippen LogP contribution in [0.4, 0.5) is 0 Å². The van der Waals surface area contributed by atoms with E-state index in [1.165, 1.54) is 25.1 Å². The summed E-state index contributed by atoms with van der Waals surface area (Å²) in [4.78, 5) is 0. The van der Waals surface area contributed by atoms with Gasteiger partial charge in [-0.3, -0.25) is 5.41 Å². The van der Waals surface area contributed by atoms with Crippen LogP contribution in [-0.4, -0.2) is 39.1 Å². The highest BCUT2D eigenvalue weighted by Crippen LogP contribution is 2.22. The van der Waals surface area contributed by atoms with Crippen molar-refractivity contribution in [2.45, 2.75) is 5.75 Å². The third-order valence-corrected chi connectivity index (χ3v) is 4.66. The van der Waals surface area contributed by atoms with E-state index in [0.717, 1.165) is 5.56 Å². The molecule has 3 N–H and O–H groups in total. The molecule has 0 aliphatic heterocycles. The Hall–Kier alpha value is -1.21. The lowest BCUT2D eigenvalue weighted by Gasteiger charge is -2.09. The fraction of sp³-hybridized carbons (Fsp3) is 0.417. The van der Waals surface area contributed by atoms with Gasteiger partial charge in [-0.05, 0) is 17.7 Å². The minimum absolute atomic E-state index is 0.0418. The van der Waals surface area contributed by atoms with E-state index in [0.29, 0.717) is 22.8 Å². The van der Waals surface area contributed by atoms with Gasteiger partial charge in [0.15, 0.2) is 0 Å². The normalized spacial score (nSPS) is 11.3. The van der Waals surface area contributed by atoms with Gasteiger partial charge in [0.1, 0.15) is 21.4 Å². The summed E-state index contributed by atoms with van der Waals surface area (Å²) in [5.74, 6) is 1.94. The first-order valence-corrected chi connectivity index (χ1v) is 8.82. The molecule has 0 unspecified atom stereocenters. The molecule has 0 aliphatic rings. The molecule has 0 radical (unpaired) electrons. The van der Waals surface area contributed by atoms with Crippen LogP contribution in [0.15, 0.2) is 18.2 Å². The van der Waals surface area contributed by atoms with Gasteiger partial charge in [0.2, 0.25) is 0 Å². The number of nitrogens with one attached hydrogen (secondary N) is 1. The molecule has 19 heavy (non-hydrogen) atoms. The minimum Gasteiger partial charge on any atom is -0.496 e. The van der Waals surface area contributed by atoms with E-state index in [-0.39, 0.29) is 11.6 Å². The van der Waals surface area contributed by atoms with Crippen molar-refractivity contribution in [1.82, 2.24) is 0 Å². The molecule has 0 amide bonds. The van der Waals surface area contributed by atoms with Crippen LogP contribution >= 0.6 is 11.8 Å². The van der Waals surface area contributed by atoms with Crippen LogP contribution in [0.2, 0.25) is 0 Å². The van der Waals surface area contributed by atoms with E-state index in [9.17, 15) is 8.42 Å². The number of ether oxygens (including phenoxy) is 1. The van der Waals surface area contributed by atoms with Crippen molar-refractivity contribution in [2.24, 2.45) is 5.73 Å². The Balaban J connectivity index is 2.65. The number of nitrogen functional groups attached to an aromatic ring is 1. The maximum Gasteiger partial charge on any atom is 0.148 e. The molecule has 0 aliphatic carbocycles. The summed E-state index contributed by atoms with van der Waals surface area (Å²) in [6, 6.07) is 5.45. The highest BCUT2D eigenvalue weighted by Gasteiger charge is 2.08. The lowest BCUT2D eigenvalue weighted by atomic mass is 10.1. The quantitative estimate of drug-likeness (QED) is 0.449. The number of thioether (sulfide) groups is 1. The third kappa shape index (κ3) is 5.52. The van der Waals surface area contributed by atoms with E-state index in [1.54, 1.807) is 12.1 Å². The fourth-order valence-corrected chi connectivity index (χ4v) is 3.70. The van der Waals surface area contributed by atoms with Crippen LogP contribution in [0.3, 0.4) is 0 Å². The zero-order valence-electron chi connectivity index (χ0n) is 11.0. The lowest BCUT2D eigenvalue weighted by Crippen LogP contribution is -2.13. The monoisotopic (exact) mass is 302 g/mol. The third-order valence-electron chi connectivity index (χ3n) is 2.42. The Kier molecular flexibility index (Phi) is 5.68.